The molecule has 1 rings (SSSR count). The van der Waals surface area contributed by atoms with E-state index < -0.39 is 17.4 Å². The van der Waals surface area contributed by atoms with Crippen LogP contribution in [0.4, 0.5) is 4.79 Å². The van der Waals surface area contributed by atoms with Crippen molar-refractivity contribution in [2.75, 3.05) is 33.4 Å². The van der Waals surface area contributed by atoms with E-state index >= 15 is 0 Å². The summed E-state index contributed by atoms with van der Waals surface area (Å²) < 4.78 is 4.90. The zero-order chi connectivity index (χ0) is 18.3. The second-order valence-electron chi connectivity index (χ2n) is 6.92. The molecule has 8 heteroatoms. The SMILES string of the molecule is COCC(C)(NC(=O)C1CCCN(C(=O)NCC(C)C)C1)C(=O)O. The lowest BCUT2D eigenvalue weighted by molar-refractivity contribution is -0.150. The average Bonchev–Trinajstić information content (AvgIpc) is 2.52. The van der Waals surface area contributed by atoms with Crippen molar-refractivity contribution in [3.05, 3.63) is 0 Å². The molecule has 24 heavy (non-hydrogen) atoms. The van der Waals surface area contributed by atoms with E-state index in [2.05, 4.69) is 10.6 Å². The predicted molar refractivity (Wildman–Crippen MR) is 88.6 cm³/mol. The van der Waals surface area contributed by atoms with Gasteiger partial charge in [-0.1, -0.05) is 13.8 Å². The number of rotatable bonds is 7. The maximum absolute atomic E-state index is 12.4. The van der Waals surface area contributed by atoms with Crippen LogP contribution in [-0.4, -0.2) is 66.8 Å². The fourth-order valence-electron chi connectivity index (χ4n) is 2.59. The van der Waals surface area contributed by atoms with Crippen molar-refractivity contribution in [2.45, 2.75) is 39.2 Å². The van der Waals surface area contributed by atoms with Crippen molar-refractivity contribution in [2.24, 2.45) is 11.8 Å². The number of likely N-dealkylation sites (tertiary alicyclic amines) is 1. The van der Waals surface area contributed by atoms with E-state index in [4.69, 9.17) is 4.74 Å². The maximum atomic E-state index is 12.4. The minimum Gasteiger partial charge on any atom is -0.479 e. The lowest BCUT2D eigenvalue weighted by Gasteiger charge is -2.34. The highest BCUT2D eigenvalue weighted by Gasteiger charge is 2.38. The Hall–Kier alpha value is -1.83. The van der Waals surface area contributed by atoms with Crippen LogP contribution in [0.5, 0.6) is 0 Å². The summed E-state index contributed by atoms with van der Waals surface area (Å²) in [6, 6.07) is -0.181. The summed E-state index contributed by atoms with van der Waals surface area (Å²) in [5.74, 6) is -1.58. The highest BCUT2D eigenvalue weighted by Crippen LogP contribution is 2.18. The average molecular weight is 343 g/mol. The van der Waals surface area contributed by atoms with Gasteiger partial charge in [0.05, 0.1) is 12.5 Å². The molecular weight excluding hydrogens is 314 g/mol. The van der Waals surface area contributed by atoms with E-state index in [1.807, 2.05) is 13.8 Å². The Labute approximate surface area is 142 Å². The number of amides is 3. The van der Waals surface area contributed by atoms with Crippen molar-refractivity contribution in [1.29, 1.82) is 0 Å². The molecule has 3 amide bonds. The summed E-state index contributed by atoms with van der Waals surface area (Å²) in [5.41, 5.74) is -1.48. The van der Waals surface area contributed by atoms with E-state index in [1.165, 1.54) is 14.0 Å². The molecule has 0 aromatic rings. The Bertz CT molecular complexity index is 469. The van der Waals surface area contributed by atoms with E-state index in [0.717, 1.165) is 0 Å². The Morgan fingerprint density at radius 1 is 1.38 bits per heavy atom. The van der Waals surface area contributed by atoms with Crippen molar-refractivity contribution in [3.63, 3.8) is 0 Å². The largest absolute Gasteiger partial charge is 0.479 e. The number of aliphatic carboxylic acids is 1. The summed E-state index contributed by atoms with van der Waals surface area (Å²) in [5, 5.41) is 14.7. The molecule has 0 bridgehead atoms. The zero-order valence-corrected chi connectivity index (χ0v) is 14.9. The maximum Gasteiger partial charge on any atom is 0.331 e. The number of carbonyl (C=O) groups is 3. The van der Waals surface area contributed by atoms with Crippen LogP contribution in [0.2, 0.25) is 0 Å². The number of piperidine rings is 1. The van der Waals surface area contributed by atoms with Gasteiger partial charge in [0.1, 0.15) is 0 Å². The molecule has 3 N–H and O–H groups in total. The highest BCUT2D eigenvalue weighted by atomic mass is 16.5. The normalized spacial score (nSPS) is 20.4. The van der Waals surface area contributed by atoms with E-state index in [1.54, 1.807) is 4.90 Å². The standard InChI is InChI=1S/C16H29N3O5/c1-11(2)8-17-15(23)19-7-5-6-12(9-19)13(20)18-16(3,10-24-4)14(21)22/h11-12H,5-10H2,1-4H3,(H,17,23)(H,18,20)(H,21,22). The molecule has 0 aliphatic carbocycles. The van der Waals surface area contributed by atoms with Gasteiger partial charge < -0.3 is 25.4 Å². The molecule has 0 aromatic heterocycles. The van der Waals surface area contributed by atoms with E-state index in [0.29, 0.717) is 38.4 Å². The first-order chi connectivity index (χ1) is 11.2. The van der Waals surface area contributed by atoms with Crippen LogP contribution in [0.3, 0.4) is 0 Å². The van der Waals surface area contributed by atoms with Gasteiger partial charge in [-0.05, 0) is 25.7 Å². The second kappa shape index (κ2) is 8.86. The lowest BCUT2D eigenvalue weighted by Crippen LogP contribution is -2.58. The van der Waals surface area contributed by atoms with Gasteiger partial charge in [-0.25, -0.2) is 9.59 Å². The molecule has 0 aromatic carbocycles. The molecule has 0 spiro atoms. The quantitative estimate of drug-likeness (QED) is 0.630. The van der Waals surface area contributed by atoms with Gasteiger partial charge in [-0.15, -0.1) is 0 Å². The third kappa shape index (κ3) is 5.67. The number of nitrogens with one attached hydrogen (secondary N) is 2. The minimum atomic E-state index is -1.48. The number of carboxylic acid groups (broad SMARTS) is 1. The van der Waals surface area contributed by atoms with Gasteiger partial charge >= 0.3 is 12.0 Å². The van der Waals surface area contributed by atoms with Crippen LogP contribution in [0.25, 0.3) is 0 Å². The van der Waals surface area contributed by atoms with E-state index in [-0.39, 0.29) is 18.5 Å². The first-order valence-corrected chi connectivity index (χ1v) is 8.26. The summed E-state index contributed by atoms with van der Waals surface area (Å²) in [7, 11) is 1.38. The first-order valence-electron chi connectivity index (χ1n) is 8.26. The molecule has 8 nitrogen and oxygen atoms in total. The fraction of sp³-hybridized carbons (Fsp3) is 0.812. The van der Waals surface area contributed by atoms with Crippen molar-refractivity contribution in [3.8, 4) is 0 Å². The van der Waals surface area contributed by atoms with Gasteiger partial charge in [0.2, 0.25) is 5.91 Å². The molecule has 1 aliphatic rings. The zero-order valence-electron chi connectivity index (χ0n) is 14.9. The van der Waals surface area contributed by atoms with Crippen LogP contribution in [0.1, 0.15) is 33.6 Å². The Balaban J connectivity index is 2.64. The van der Waals surface area contributed by atoms with Crippen molar-refractivity contribution >= 4 is 17.9 Å². The molecule has 1 heterocycles. The number of methoxy groups -OCH3 is 1. The number of urea groups is 1. The minimum absolute atomic E-state index is 0.126. The second-order valence-corrected chi connectivity index (χ2v) is 6.92. The molecular formula is C16H29N3O5. The monoisotopic (exact) mass is 343 g/mol. The van der Waals surface area contributed by atoms with Gasteiger partial charge in [0.15, 0.2) is 5.54 Å². The van der Waals surface area contributed by atoms with Crippen molar-refractivity contribution < 1.29 is 24.2 Å². The Morgan fingerprint density at radius 2 is 2.04 bits per heavy atom. The van der Waals surface area contributed by atoms with Gasteiger partial charge in [0, 0.05) is 26.7 Å². The molecule has 2 atom stereocenters. The van der Waals surface area contributed by atoms with Crippen LogP contribution in [0, 0.1) is 11.8 Å². The number of ether oxygens (including phenoxy) is 1. The van der Waals surface area contributed by atoms with Crippen molar-refractivity contribution in [1.82, 2.24) is 15.5 Å². The lowest BCUT2D eigenvalue weighted by atomic mass is 9.95. The number of carbonyl (C=O) groups excluding carboxylic acids is 2. The molecule has 0 radical (unpaired) electrons. The van der Waals surface area contributed by atoms with Crippen LogP contribution in [-0.2, 0) is 14.3 Å². The molecule has 1 saturated heterocycles. The van der Waals surface area contributed by atoms with Crippen LogP contribution < -0.4 is 10.6 Å². The number of nitrogens with zero attached hydrogens (tertiary/aromatic N) is 1. The van der Waals surface area contributed by atoms with E-state index in [9.17, 15) is 19.5 Å². The Kier molecular flexibility index (Phi) is 7.47. The number of hydrogen-bond donors (Lipinski definition) is 3. The first kappa shape index (κ1) is 20.2. The number of carboxylic acids is 1. The summed E-state index contributed by atoms with van der Waals surface area (Å²) in [6.45, 7) is 6.77. The fourth-order valence-corrected chi connectivity index (χ4v) is 2.59. The van der Waals surface area contributed by atoms with Gasteiger partial charge in [-0.3, -0.25) is 4.79 Å². The third-order valence-electron chi connectivity index (χ3n) is 4.05. The smallest absolute Gasteiger partial charge is 0.331 e. The van der Waals surface area contributed by atoms with Crippen LogP contribution in [0.15, 0.2) is 0 Å². The topological polar surface area (TPSA) is 108 Å². The van der Waals surface area contributed by atoms with Crippen LogP contribution >= 0.6 is 0 Å². The molecule has 138 valence electrons. The summed E-state index contributed by atoms with van der Waals surface area (Å²) in [6.07, 6.45) is 1.34. The molecule has 1 aliphatic heterocycles. The molecule has 1 fully saturated rings. The molecule has 2 unspecified atom stereocenters. The van der Waals surface area contributed by atoms with Gasteiger partial charge in [0.25, 0.3) is 0 Å². The predicted octanol–water partition coefficient (Wildman–Crippen LogP) is 0.670. The van der Waals surface area contributed by atoms with Gasteiger partial charge in [-0.2, -0.15) is 0 Å². The third-order valence-corrected chi connectivity index (χ3v) is 4.05. The number of hydrogen-bond acceptors (Lipinski definition) is 4. The Morgan fingerprint density at radius 3 is 2.58 bits per heavy atom. The summed E-state index contributed by atoms with van der Waals surface area (Å²) >= 11 is 0. The molecule has 0 saturated carbocycles. The highest BCUT2D eigenvalue weighted by molar-refractivity contribution is 5.88. The summed E-state index contributed by atoms with van der Waals surface area (Å²) in [4.78, 5) is 37.6.